The fraction of sp³-hybridized carbons (Fsp3) is 0.559. The van der Waals surface area contributed by atoms with Crippen molar-refractivity contribution in [3.8, 4) is 5.75 Å². The Morgan fingerprint density at radius 1 is 0.947 bits per heavy atom. The molecule has 0 saturated heterocycles. The van der Waals surface area contributed by atoms with Crippen molar-refractivity contribution >= 4 is 18.2 Å². The number of hydrogen-bond donors (Lipinski definition) is 0. The summed E-state index contributed by atoms with van der Waals surface area (Å²) in [5.74, 6) is 3.31. The maximum atomic E-state index is 13.6. The molecule has 3 aliphatic rings. The van der Waals surface area contributed by atoms with E-state index in [9.17, 15) is 4.79 Å². The molecule has 2 aromatic rings. The van der Waals surface area contributed by atoms with Crippen LogP contribution in [0.5, 0.6) is 5.75 Å². The average Bonchev–Trinajstić information content (AvgIpc) is 3.25. The van der Waals surface area contributed by atoms with Crippen LogP contribution in [0.25, 0.3) is 0 Å². The van der Waals surface area contributed by atoms with Gasteiger partial charge in [0.15, 0.2) is 5.78 Å². The molecule has 6 atom stereocenters. The van der Waals surface area contributed by atoms with Gasteiger partial charge in [-0.05, 0) is 98.8 Å². The van der Waals surface area contributed by atoms with Crippen LogP contribution < -0.4 is 4.74 Å². The molecule has 2 aromatic carbocycles. The molecule has 2 aliphatic carbocycles. The summed E-state index contributed by atoms with van der Waals surface area (Å²) in [6.07, 6.45) is 13.5. The number of ketones is 1. The third-order valence-corrected chi connectivity index (χ3v) is 9.19. The molecule has 0 spiro atoms. The maximum absolute atomic E-state index is 13.6. The minimum absolute atomic E-state index is 0.110. The van der Waals surface area contributed by atoms with Gasteiger partial charge in [0.2, 0.25) is 0 Å². The molecule has 4 heteroatoms. The number of carbonyl (C=O) groups excluding carboxylic acids is 1. The van der Waals surface area contributed by atoms with Crippen LogP contribution in [0.2, 0.25) is 0 Å². The lowest BCUT2D eigenvalue weighted by atomic mass is 9.83. The summed E-state index contributed by atoms with van der Waals surface area (Å²) in [5.41, 5.74) is 4.88. The molecule has 1 fully saturated rings. The summed E-state index contributed by atoms with van der Waals surface area (Å²) in [5, 5.41) is 0. The van der Waals surface area contributed by atoms with E-state index >= 15 is 0 Å². The van der Waals surface area contributed by atoms with Crippen molar-refractivity contribution in [2.24, 2.45) is 21.8 Å². The first-order valence-electron chi connectivity index (χ1n) is 14.9. The zero-order valence-corrected chi connectivity index (χ0v) is 23.4. The minimum atomic E-state index is 0.110. The van der Waals surface area contributed by atoms with Crippen LogP contribution in [-0.2, 0) is 6.42 Å². The SMILES string of the molecule is CC1CCC(Oc2cccc3c2CCCC3C)CC(CCC(=O)c2ccccc2C2CN=CC=NC2C)C1. The van der Waals surface area contributed by atoms with Crippen LogP contribution in [0, 0.1) is 11.8 Å². The molecule has 5 rings (SSSR count). The van der Waals surface area contributed by atoms with Crippen molar-refractivity contribution in [3.63, 3.8) is 0 Å². The van der Waals surface area contributed by atoms with Gasteiger partial charge in [0.25, 0.3) is 0 Å². The van der Waals surface area contributed by atoms with Gasteiger partial charge >= 0.3 is 0 Å². The molecule has 6 unspecified atom stereocenters. The second kappa shape index (κ2) is 12.4. The Balaban J connectivity index is 1.26. The minimum Gasteiger partial charge on any atom is -0.490 e. The highest BCUT2D eigenvalue weighted by Crippen LogP contribution is 2.39. The fourth-order valence-electron chi connectivity index (χ4n) is 6.98. The molecule has 0 bridgehead atoms. The number of fused-ring (bicyclic) bond motifs is 1. The summed E-state index contributed by atoms with van der Waals surface area (Å²) >= 11 is 0. The van der Waals surface area contributed by atoms with Crippen molar-refractivity contribution in [2.45, 2.75) is 103 Å². The molecule has 0 aromatic heterocycles. The number of nitrogens with zero attached hydrogens (tertiary/aromatic N) is 2. The molecule has 0 N–H and O–H groups in total. The normalized spacial score (nSPS) is 29.2. The fourth-order valence-corrected chi connectivity index (χ4v) is 6.98. The molecule has 1 aliphatic heterocycles. The highest BCUT2D eigenvalue weighted by atomic mass is 16.5. The molecular formula is C34H44N2O2. The van der Waals surface area contributed by atoms with Crippen LogP contribution in [0.1, 0.15) is 111 Å². The van der Waals surface area contributed by atoms with E-state index in [0.29, 0.717) is 30.7 Å². The largest absolute Gasteiger partial charge is 0.490 e. The number of rotatable bonds is 7. The summed E-state index contributed by atoms with van der Waals surface area (Å²) in [7, 11) is 0. The number of carbonyl (C=O) groups is 1. The van der Waals surface area contributed by atoms with Crippen molar-refractivity contribution in [2.75, 3.05) is 6.54 Å². The quantitative estimate of drug-likeness (QED) is 0.279. The Labute approximate surface area is 229 Å². The smallest absolute Gasteiger partial charge is 0.163 e. The van der Waals surface area contributed by atoms with Crippen molar-refractivity contribution in [3.05, 3.63) is 64.7 Å². The lowest BCUT2D eigenvalue weighted by molar-refractivity contribution is 0.0963. The first kappa shape index (κ1) is 26.8. The summed E-state index contributed by atoms with van der Waals surface area (Å²) < 4.78 is 6.76. The van der Waals surface area contributed by atoms with Crippen LogP contribution >= 0.6 is 0 Å². The van der Waals surface area contributed by atoms with Crippen LogP contribution in [-0.4, -0.2) is 36.9 Å². The van der Waals surface area contributed by atoms with Gasteiger partial charge in [-0.2, -0.15) is 0 Å². The van der Waals surface area contributed by atoms with E-state index in [0.717, 1.165) is 42.6 Å². The predicted octanol–water partition coefficient (Wildman–Crippen LogP) is 7.99. The van der Waals surface area contributed by atoms with Crippen LogP contribution in [0.4, 0.5) is 0 Å². The van der Waals surface area contributed by atoms with Crippen molar-refractivity contribution in [1.82, 2.24) is 0 Å². The third kappa shape index (κ3) is 6.27. The first-order valence-corrected chi connectivity index (χ1v) is 14.9. The predicted molar refractivity (Wildman–Crippen MR) is 157 cm³/mol. The third-order valence-electron chi connectivity index (χ3n) is 9.19. The summed E-state index contributed by atoms with van der Waals surface area (Å²) in [4.78, 5) is 22.7. The number of ether oxygens (including phenoxy) is 1. The van der Waals surface area contributed by atoms with E-state index in [1.54, 1.807) is 12.4 Å². The molecule has 0 radical (unpaired) electrons. The average molecular weight is 513 g/mol. The maximum Gasteiger partial charge on any atom is 0.163 e. The van der Waals surface area contributed by atoms with Gasteiger partial charge in [0.05, 0.1) is 12.1 Å². The second-order valence-corrected chi connectivity index (χ2v) is 12.1. The van der Waals surface area contributed by atoms with Crippen LogP contribution in [0.3, 0.4) is 0 Å². The van der Waals surface area contributed by atoms with E-state index in [4.69, 9.17) is 4.74 Å². The van der Waals surface area contributed by atoms with E-state index < -0.39 is 0 Å². The zero-order chi connectivity index (χ0) is 26.5. The van der Waals surface area contributed by atoms with Gasteiger partial charge in [-0.3, -0.25) is 14.8 Å². The van der Waals surface area contributed by atoms with Gasteiger partial charge in [-0.1, -0.05) is 50.2 Å². The van der Waals surface area contributed by atoms with Gasteiger partial charge in [0, 0.05) is 36.9 Å². The second-order valence-electron chi connectivity index (χ2n) is 12.1. The molecular weight excluding hydrogens is 468 g/mol. The van der Waals surface area contributed by atoms with Gasteiger partial charge in [-0.25, -0.2) is 0 Å². The summed E-state index contributed by atoms with van der Waals surface area (Å²) in [6, 6.07) is 14.9. The molecule has 0 amide bonds. The zero-order valence-electron chi connectivity index (χ0n) is 23.4. The lowest BCUT2D eigenvalue weighted by Gasteiger charge is -2.27. The van der Waals surface area contributed by atoms with Gasteiger partial charge < -0.3 is 4.74 Å². The van der Waals surface area contributed by atoms with Gasteiger partial charge in [0.1, 0.15) is 5.75 Å². The first-order chi connectivity index (χ1) is 18.5. The Morgan fingerprint density at radius 3 is 2.68 bits per heavy atom. The van der Waals surface area contributed by atoms with E-state index in [2.05, 4.69) is 55.0 Å². The molecule has 1 saturated carbocycles. The number of aliphatic imine (C=N–C) groups is 2. The molecule has 4 nitrogen and oxygen atoms in total. The topological polar surface area (TPSA) is 51.0 Å². The number of hydrogen-bond acceptors (Lipinski definition) is 4. The van der Waals surface area contributed by atoms with Gasteiger partial charge in [-0.15, -0.1) is 0 Å². The Hall–Kier alpha value is -2.75. The molecule has 38 heavy (non-hydrogen) atoms. The molecule has 1 heterocycles. The lowest BCUT2D eigenvalue weighted by Crippen LogP contribution is -2.21. The van der Waals surface area contributed by atoms with Crippen molar-refractivity contribution < 1.29 is 9.53 Å². The highest BCUT2D eigenvalue weighted by Gasteiger charge is 2.29. The van der Waals surface area contributed by atoms with E-state index in [1.807, 2.05) is 18.2 Å². The number of benzene rings is 2. The standard InChI is InChI=1S/C34H44N2O2/c1-23-14-16-27(38-34-13-7-11-28-24(2)8-6-12-31(28)34)21-26(20-23)15-17-33(37)30-10-5-4-9-29(30)32-22-35-18-19-36-25(32)3/h4-5,7,9-11,13,18-19,23-27,32H,6,8,12,14-17,20-22H2,1-3H3. The van der Waals surface area contributed by atoms with Crippen molar-refractivity contribution in [1.29, 1.82) is 0 Å². The monoisotopic (exact) mass is 512 g/mol. The highest BCUT2D eigenvalue weighted by molar-refractivity contribution is 6.16. The Morgan fingerprint density at radius 2 is 1.79 bits per heavy atom. The number of Topliss-reactive ketones (excluding diaryl/α,β-unsaturated/α-hetero) is 1. The van der Waals surface area contributed by atoms with E-state index in [-0.39, 0.29) is 23.8 Å². The Bertz CT molecular complexity index is 1170. The van der Waals surface area contributed by atoms with Crippen LogP contribution in [0.15, 0.2) is 52.4 Å². The molecule has 202 valence electrons. The summed E-state index contributed by atoms with van der Waals surface area (Å²) in [6.45, 7) is 7.51. The van der Waals surface area contributed by atoms with E-state index in [1.165, 1.54) is 36.8 Å². The Kier molecular flexibility index (Phi) is 8.76.